The summed E-state index contributed by atoms with van der Waals surface area (Å²) >= 11 is 0. The molecule has 0 atom stereocenters. The molecule has 0 saturated heterocycles. The standard InChI is InChI=1S/C26H32N2O8/c1-27-7-3-9-34-11-13-36-14-12-35-10-4-8-28-26(33)17-15-19-23(21(30)16-17)25(32)22-18(24(19)31)5-2-6-20(22)29/h2,5-6,15-16,27,29-30H,3-4,7-14H2,1H3,(H,28,33). The number of ether oxygens (including phenoxy) is 3. The van der Waals surface area contributed by atoms with Gasteiger partial charge >= 0.3 is 0 Å². The number of phenols is 2. The molecule has 36 heavy (non-hydrogen) atoms. The molecule has 194 valence electrons. The largest absolute Gasteiger partial charge is 0.507 e. The summed E-state index contributed by atoms with van der Waals surface area (Å²) in [4.78, 5) is 38.2. The highest BCUT2D eigenvalue weighted by Gasteiger charge is 2.34. The minimum absolute atomic E-state index is 0.0302. The summed E-state index contributed by atoms with van der Waals surface area (Å²) in [6.07, 6.45) is 1.52. The van der Waals surface area contributed by atoms with Crippen molar-refractivity contribution in [1.82, 2.24) is 10.6 Å². The number of hydrogen-bond donors (Lipinski definition) is 4. The molecule has 0 aliphatic heterocycles. The molecule has 1 amide bonds. The third-order valence-corrected chi connectivity index (χ3v) is 5.58. The van der Waals surface area contributed by atoms with Crippen LogP contribution in [-0.4, -0.2) is 87.5 Å². The molecule has 10 heteroatoms. The minimum Gasteiger partial charge on any atom is -0.507 e. The van der Waals surface area contributed by atoms with Crippen LogP contribution in [0.4, 0.5) is 0 Å². The Labute approximate surface area is 209 Å². The second kappa shape index (κ2) is 13.7. The number of amides is 1. The maximum atomic E-state index is 12.9. The average molecular weight is 501 g/mol. The first kappa shape index (κ1) is 27.3. The second-order valence-corrected chi connectivity index (χ2v) is 8.18. The number of rotatable bonds is 15. The normalized spacial score (nSPS) is 12.4. The van der Waals surface area contributed by atoms with E-state index < -0.39 is 23.2 Å². The zero-order valence-electron chi connectivity index (χ0n) is 20.3. The first-order valence-corrected chi connectivity index (χ1v) is 11.9. The van der Waals surface area contributed by atoms with Gasteiger partial charge in [0.05, 0.1) is 37.6 Å². The smallest absolute Gasteiger partial charge is 0.251 e. The first-order chi connectivity index (χ1) is 17.5. The average Bonchev–Trinajstić information content (AvgIpc) is 2.86. The summed E-state index contributed by atoms with van der Waals surface area (Å²) in [5.74, 6) is -2.53. The van der Waals surface area contributed by atoms with E-state index in [1.807, 2.05) is 7.05 Å². The van der Waals surface area contributed by atoms with Gasteiger partial charge in [0.2, 0.25) is 5.78 Å². The molecule has 2 aromatic rings. The lowest BCUT2D eigenvalue weighted by Crippen LogP contribution is -2.27. The van der Waals surface area contributed by atoms with Crippen molar-refractivity contribution >= 4 is 17.5 Å². The SMILES string of the molecule is CNCCCOCCOCCOCCCNC(=O)c1cc(O)c2c(c1)C(=O)c1cccc(O)c1C2=O. The van der Waals surface area contributed by atoms with Crippen molar-refractivity contribution in [3.05, 3.63) is 58.1 Å². The van der Waals surface area contributed by atoms with Crippen molar-refractivity contribution in [2.24, 2.45) is 0 Å². The van der Waals surface area contributed by atoms with E-state index in [2.05, 4.69) is 10.6 Å². The van der Waals surface area contributed by atoms with Gasteiger partial charge in [-0.3, -0.25) is 14.4 Å². The summed E-state index contributed by atoms with van der Waals surface area (Å²) in [7, 11) is 1.90. The van der Waals surface area contributed by atoms with Gasteiger partial charge in [-0.25, -0.2) is 0 Å². The van der Waals surface area contributed by atoms with Crippen LogP contribution in [-0.2, 0) is 14.2 Å². The Kier molecular flexibility index (Phi) is 10.4. The third kappa shape index (κ3) is 6.88. The highest BCUT2D eigenvalue weighted by molar-refractivity contribution is 6.30. The van der Waals surface area contributed by atoms with Crippen molar-refractivity contribution in [3.63, 3.8) is 0 Å². The predicted molar refractivity (Wildman–Crippen MR) is 131 cm³/mol. The lowest BCUT2D eigenvalue weighted by atomic mass is 9.82. The van der Waals surface area contributed by atoms with Gasteiger partial charge in [0.1, 0.15) is 11.5 Å². The topological polar surface area (TPSA) is 143 Å². The molecular weight excluding hydrogens is 468 g/mol. The summed E-state index contributed by atoms with van der Waals surface area (Å²) < 4.78 is 16.3. The van der Waals surface area contributed by atoms with Crippen LogP contribution < -0.4 is 10.6 Å². The van der Waals surface area contributed by atoms with Crippen molar-refractivity contribution in [3.8, 4) is 11.5 Å². The minimum atomic E-state index is -0.666. The Balaban J connectivity index is 1.39. The van der Waals surface area contributed by atoms with E-state index in [1.165, 1.54) is 24.3 Å². The fraction of sp³-hybridized carbons (Fsp3) is 0.423. The Morgan fingerprint density at radius 1 is 0.778 bits per heavy atom. The summed E-state index contributed by atoms with van der Waals surface area (Å²) in [6.45, 7) is 4.30. The highest BCUT2D eigenvalue weighted by atomic mass is 16.5. The molecule has 3 rings (SSSR count). The predicted octanol–water partition coefficient (Wildman–Crippen LogP) is 1.65. The molecule has 1 aliphatic carbocycles. The summed E-state index contributed by atoms with van der Waals surface area (Å²) in [6, 6.07) is 6.61. The number of hydrogen-bond acceptors (Lipinski definition) is 9. The third-order valence-electron chi connectivity index (χ3n) is 5.58. The van der Waals surface area contributed by atoms with Crippen LogP contribution in [0.15, 0.2) is 30.3 Å². The molecule has 4 N–H and O–H groups in total. The van der Waals surface area contributed by atoms with Crippen molar-refractivity contribution in [1.29, 1.82) is 0 Å². The maximum Gasteiger partial charge on any atom is 0.251 e. The van der Waals surface area contributed by atoms with Crippen molar-refractivity contribution < 1.29 is 38.8 Å². The van der Waals surface area contributed by atoms with Crippen LogP contribution in [0.1, 0.15) is 55.0 Å². The van der Waals surface area contributed by atoms with Crippen LogP contribution >= 0.6 is 0 Å². The van der Waals surface area contributed by atoms with Crippen molar-refractivity contribution in [2.75, 3.05) is 59.8 Å². The Morgan fingerprint density at radius 2 is 1.39 bits per heavy atom. The molecule has 0 fully saturated rings. The van der Waals surface area contributed by atoms with Gasteiger partial charge in [-0.05, 0) is 44.6 Å². The number of benzene rings is 2. The van der Waals surface area contributed by atoms with Gasteiger partial charge in [-0.1, -0.05) is 12.1 Å². The number of phenolic OH excluding ortho intramolecular Hbond substituents is 2. The van der Waals surface area contributed by atoms with E-state index in [9.17, 15) is 24.6 Å². The van der Waals surface area contributed by atoms with Crippen LogP contribution in [0.2, 0.25) is 0 Å². The van der Waals surface area contributed by atoms with Gasteiger partial charge in [-0.15, -0.1) is 0 Å². The highest BCUT2D eigenvalue weighted by Crippen LogP contribution is 2.37. The lowest BCUT2D eigenvalue weighted by Gasteiger charge is -2.20. The van der Waals surface area contributed by atoms with Crippen LogP contribution in [0.3, 0.4) is 0 Å². The molecule has 0 heterocycles. The summed E-state index contributed by atoms with van der Waals surface area (Å²) in [5.41, 5.74) is -0.362. The molecule has 0 aromatic heterocycles. The molecule has 2 aromatic carbocycles. The van der Waals surface area contributed by atoms with Crippen LogP contribution in [0, 0.1) is 0 Å². The Hall–Kier alpha value is -3.31. The van der Waals surface area contributed by atoms with Gasteiger partial charge in [0, 0.05) is 36.4 Å². The van der Waals surface area contributed by atoms with E-state index >= 15 is 0 Å². The molecule has 10 nitrogen and oxygen atoms in total. The number of carbonyl (C=O) groups excluding carboxylic acids is 3. The number of ketones is 2. The molecule has 0 bridgehead atoms. The maximum absolute atomic E-state index is 12.9. The quantitative estimate of drug-likeness (QED) is 0.229. The molecule has 1 aliphatic rings. The second-order valence-electron chi connectivity index (χ2n) is 8.18. The molecule has 0 saturated carbocycles. The molecular formula is C26H32N2O8. The lowest BCUT2D eigenvalue weighted by molar-refractivity contribution is 0.0139. The van der Waals surface area contributed by atoms with E-state index in [0.717, 1.165) is 19.0 Å². The van der Waals surface area contributed by atoms with Gasteiger partial charge in [0.15, 0.2) is 5.78 Å². The Bertz CT molecular complexity index is 1090. The van der Waals surface area contributed by atoms with Gasteiger partial charge in [0.25, 0.3) is 5.91 Å². The van der Waals surface area contributed by atoms with Crippen molar-refractivity contribution in [2.45, 2.75) is 12.8 Å². The fourth-order valence-corrected chi connectivity index (χ4v) is 3.78. The first-order valence-electron chi connectivity index (χ1n) is 11.9. The van der Waals surface area contributed by atoms with E-state index in [-0.39, 0.29) is 33.6 Å². The van der Waals surface area contributed by atoms with E-state index in [0.29, 0.717) is 52.6 Å². The molecule has 0 unspecified atom stereocenters. The van der Waals surface area contributed by atoms with E-state index in [1.54, 1.807) is 0 Å². The number of carbonyl (C=O) groups is 3. The van der Waals surface area contributed by atoms with E-state index in [4.69, 9.17) is 14.2 Å². The van der Waals surface area contributed by atoms with Crippen LogP contribution in [0.5, 0.6) is 11.5 Å². The zero-order chi connectivity index (χ0) is 25.9. The summed E-state index contributed by atoms with van der Waals surface area (Å²) in [5, 5.41) is 26.2. The Morgan fingerprint density at radius 3 is 2.06 bits per heavy atom. The number of aromatic hydroxyl groups is 2. The fourth-order valence-electron chi connectivity index (χ4n) is 3.78. The molecule has 0 spiro atoms. The zero-order valence-corrected chi connectivity index (χ0v) is 20.3. The van der Waals surface area contributed by atoms with Gasteiger partial charge in [-0.2, -0.15) is 0 Å². The number of nitrogens with one attached hydrogen (secondary N) is 2. The van der Waals surface area contributed by atoms with Gasteiger partial charge < -0.3 is 35.1 Å². The molecule has 0 radical (unpaired) electrons. The number of fused-ring (bicyclic) bond motifs is 2. The monoisotopic (exact) mass is 500 g/mol. The van der Waals surface area contributed by atoms with Crippen LogP contribution in [0.25, 0.3) is 0 Å².